The Hall–Kier alpha value is -3.53. The zero-order chi connectivity index (χ0) is 41.6. The summed E-state index contributed by atoms with van der Waals surface area (Å²) >= 11 is 0. The summed E-state index contributed by atoms with van der Waals surface area (Å²) < 4.78 is 24.3. The largest absolute Gasteiger partial charge is 0.460 e. The van der Waals surface area contributed by atoms with E-state index >= 15 is 0 Å². The summed E-state index contributed by atoms with van der Waals surface area (Å²) in [5.41, 5.74) is 3.90. The lowest BCUT2D eigenvalue weighted by molar-refractivity contribution is -0.172. The van der Waals surface area contributed by atoms with Crippen LogP contribution in [-0.2, 0) is 49.3 Å². The number of allylic oxidation sites excluding steroid dienone is 1. The first-order valence-electron chi connectivity index (χ1n) is 20.7. The van der Waals surface area contributed by atoms with Crippen molar-refractivity contribution in [1.82, 2.24) is 21.4 Å². The van der Waals surface area contributed by atoms with Crippen molar-refractivity contribution in [3.63, 3.8) is 0 Å². The molecule has 14 heteroatoms. The molecule has 14 nitrogen and oxygen atoms in total. The standard InChI is InChI=1S/C43H67N5O9/c1-28(2)18-19-35-42(5,57-35)40-39(54-6)34(20-21-43(40)27-55-43)56-37(51)17-13-8-7-9-14-22-46-36(50)26-45-25-33(49)38(52)31(24-30-15-11-10-12-16-30)47-41(53)32(48-44)23-29(3)4/h10-12,15-16,18,29,31-32,34-35,39-40,45,48H,7-9,13-14,17,19-27,44H2,1-6H3,(H,46,50)(H,47,53)/t31-,32-,34?,35+,39?,40?,42?,43-/m0/s1. The van der Waals surface area contributed by atoms with Crippen LogP contribution in [0.1, 0.15) is 104 Å². The third-order valence-corrected chi connectivity index (χ3v) is 11.4. The molecule has 1 saturated carbocycles. The van der Waals surface area contributed by atoms with Gasteiger partial charge < -0.3 is 34.9 Å². The Labute approximate surface area is 338 Å². The van der Waals surface area contributed by atoms with Crippen LogP contribution in [0.3, 0.4) is 0 Å². The van der Waals surface area contributed by atoms with Crippen LogP contribution in [0.25, 0.3) is 0 Å². The Bertz CT molecular complexity index is 1530. The lowest BCUT2D eigenvalue weighted by atomic mass is 9.68. The van der Waals surface area contributed by atoms with E-state index in [0.717, 1.165) is 44.1 Å². The topological polar surface area (TPSA) is 203 Å². The first kappa shape index (κ1) is 46.2. The second-order valence-corrected chi connectivity index (χ2v) is 16.8. The third-order valence-electron chi connectivity index (χ3n) is 11.4. The van der Waals surface area contributed by atoms with Crippen molar-refractivity contribution in [2.24, 2.45) is 17.7 Å². The van der Waals surface area contributed by atoms with E-state index in [0.29, 0.717) is 38.8 Å². The fourth-order valence-corrected chi connectivity index (χ4v) is 8.14. The molecule has 2 aliphatic heterocycles. The molecule has 1 aliphatic carbocycles. The number of carbonyl (C=O) groups excluding carboxylic acids is 5. The van der Waals surface area contributed by atoms with Crippen molar-refractivity contribution >= 4 is 29.4 Å². The number of epoxide rings is 2. The molecular formula is C43H67N5O9. The van der Waals surface area contributed by atoms with Gasteiger partial charge in [0.25, 0.3) is 0 Å². The third kappa shape index (κ3) is 13.8. The summed E-state index contributed by atoms with van der Waals surface area (Å²) in [5, 5.41) is 8.28. The Morgan fingerprint density at radius 2 is 1.70 bits per heavy atom. The van der Waals surface area contributed by atoms with Crippen LogP contribution in [0, 0.1) is 11.8 Å². The number of unbranched alkanes of at least 4 members (excludes halogenated alkanes) is 4. The number of rotatable bonds is 26. The number of amides is 2. The Morgan fingerprint density at radius 1 is 1.00 bits per heavy atom. The van der Waals surface area contributed by atoms with Crippen molar-refractivity contribution in [3.8, 4) is 0 Å². The van der Waals surface area contributed by atoms with Crippen molar-refractivity contribution < 1.29 is 42.9 Å². The minimum absolute atomic E-state index is 0.00807. The highest BCUT2D eigenvalue weighted by Gasteiger charge is 2.72. The molecule has 2 amide bonds. The zero-order valence-electron chi connectivity index (χ0n) is 34.9. The van der Waals surface area contributed by atoms with Crippen LogP contribution >= 0.6 is 0 Å². The van der Waals surface area contributed by atoms with Gasteiger partial charge in [0.1, 0.15) is 23.4 Å². The number of hydrogen-bond donors (Lipinski definition) is 5. The maximum absolute atomic E-state index is 13.2. The summed E-state index contributed by atoms with van der Waals surface area (Å²) in [5.74, 6) is 3.31. The second-order valence-electron chi connectivity index (χ2n) is 16.8. The molecule has 6 N–H and O–H groups in total. The Balaban J connectivity index is 1.09. The van der Waals surface area contributed by atoms with Crippen LogP contribution in [0.2, 0.25) is 0 Å². The van der Waals surface area contributed by atoms with E-state index in [9.17, 15) is 24.0 Å². The number of hydrazine groups is 1. The molecule has 2 saturated heterocycles. The van der Waals surface area contributed by atoms with E-state index in [1.165, 1.54) is 5.57 Å². The Morgan fingerprint density at radius 3 is 2.35 bits per heavy atom. The summed E-state index contributed by atoms with van der Waals surface area (Å²) in [6.45, 7) is 10.9. The van der Waals surface area contributed by atoms with Crippen LogP contribution in [-0.4, -0.2) is 104 Å². The van der Waals surface area contributed by atoms with Crippen LogP contribution < -0.4 is 27.2 Å². The lowest BCUT2D eigenvalue weighted by Crippen LogP contribution is -2.55. The lowest BCUT2D eigenvalue weighted by Gasteiger charge is -2.42. The molecule has 1 aromatic rings. The first-order valence-corrected chi connectivity index (χ1v) is 20.7. The van der Waals surface area contributed by atoms with E-state index in [1.807, 2.05) is 44.2 Å². The second kappa shape index (κ2) is 22.0. The summed E-state index contributed by atoms with van der Waals surface area (Å²) in [6, 6.07) is 7.32. The zero-order valence-corrected chi connectivity index (χ0v) is 34.9. The molecule has 1 aromatic carbocycles. The number of carbonyl (C=O) groups is 5. The highest BCUT2D eigenvalue weighted by molar-refractivity contribution is 6.40. The van der Waals surface area contributed by atoms with Gasteiger partial charge in [-0.15, -0.1) is 0 Å². The highest BCUT2D eigenvalue weighted by Crippen LogP contribution is 2.59. The average Bonchev–Trinajstić information content (AvgIpc) is 4.10. The number of ketones is 2. The molecule has 318 valence electrons. The molecule has 4 unspecified atom stereocenters. The molecule has 0 aromatic heterocycles. The number of benzene rings is 1. The van der Waals surface area contributed by atoms with Crippen LogP contribution in [0.15, 0.2) is 42.0 Å². The van der Waals surface area contributed by atoms with Gasteiger partial charge in [0, 0.05) is 26.5 Å². The van der Waals surface area contributed by atoms with E-state index in [1.54, 1.807) is 7.11 Å². The molecular weight excluding hydrogens is 730 g/mol. The van der Waals surface area contributed by atoms with Crippen molar-refractivity contribution in [1.29, 1.82) is 0 Å². The highest BCUT2D eigenvalue weighted by atomic mass is 16.6. The molecule has 8 atom stereocenters. The Kier molecular flexibility index (Phi) is 17.8. The molecule has 0 bridgehead atoms. The maximum Gasteiger partial charge on any atom is 0.306 e. The molecule has 1 spiro atoms. The van der Waals surface area contributed by atoms with Gasteiger partial charge in [-0.25, -0.2) is 5.43 Å². The van der Waals surface area contributed by atoms with E-state index in [4.69, 9.17) is 24.8 Å². The summed E-state index contributed by atoms with van der Waals surface area (Å²) in [7, 11) is 1.68. The first-order chi connectivity index (χ1) is 27.2. The minimum Gasteiger partial charge on any atom is -0.460 e. The van der Waals surface area contributed by atoms with Gasteiger partial charge in [-0.2, -0.15) is 0 Å². The number of methoxy groups -OCH3 is 1. The SMILES string of the molecule is COC1C(OC(=O)CCCCCCCNC(=O)CNCC(=O)C(=O)[C@H](Cc2ccccc2)NC(=O)[C@H](CC(C)C)NN)CC[C@]2(CO2)C1C1(C)O[C@@H]1CC=C(C)C. The van der Waals surface area contributed by atoms with E-state index < -0.39 is 29.6 Å². The fraction of sp³-hybridized carbons (Fsp3) is 0.698. The van der Waals surface area contributed by atoms with Crippen molar-refractivity contribution in [3.05, 3.63) is 47.5 Å². The number of nitrogens with two attached hydrogens (primary N) is 1. The predicted octanol–water partition coefficient (Wildman–Crippen LogP) is 3.40. The predicted molar refractivity (Wildman–Crippen MR) is 216 cm³/mol. The van der Waals surface area contributed by atoms with Gasteiger partial charge >= 0.3 is 5.97 Å². The van der Waals surface area contributed by atoms with Crippen LogP contribution in [0.5, 0.6) is 0 Å². The summed E-state index contributed by atoms with van der Waals surface area (Å²) in [6.07, 6.45) is 9.10. The number of esters is 1. The minimum atomic E-state index is -1.08. The molecule has 3 aliphatic rings. The summed E-state index contributed by atoms with van der Waals surface area (Å²) in [4.78, 5) is 64.2. The van der Waals surface area contributed by atoms with Gasteiger partial charge in [-0.05, 0) is 70.8 Å². The number of hydrogen-bond acceptors (Lipinski definition) is 12. The molecule has 2 heterocycles. The average molecular weight is 798 g/mol. The van der Waals surface area contributed by atoms with Crippen molar-refractivity contribution in [2.75, 3.05) is 33.4 Å². The quantitative estimate of drug-likeness (QED) is 0.0174. The van der Waals surface area contributed by atoms with Gasteiger partial charge in [-0.1, -0.05) is 75.1 Å². The van der Waals surface area contributed by atoms with Gasteiger partial charge in [0.2, 0.25) is 23.4 Å². The normalized spacial score (nSPS) is 26.0. The van der Waals surface area contributed by atoms with Crippen molar-refractivity contribution in [2.45, 2.75) is 147 Å². The van der Waals surface area contributed by atoms with E-state index in [-0.39, 0.29) is 72.7 Å². The van der Waals surface area contributed by atoms with E-state index in [2.05, 4.69) is 48.2 Å². The fourth-order valence-electron chi connectivity index (χ4n) is 8.14. The van der Waals surface area contributed by atoms with Gasteiger partial charge in [-0.3, -0.25) is 29.8 Å². The van der Waals surface area contributed by atoms with Gasteiger partial charge in [0.15, 0.2) is 0 Å². The molecule has 3 fully saturated rings. The number of Topliss-reactive ketones (excluding diaryl/α,β-unsaturated/α-hetero) is 2. The van der Waals surface area contributed by atoms with Gasteiger partial charge in [0.05, 0.1) is 43.8 Å². The number of ether oxygens (including phenoxy) is 4. The number of nitrogens with one attached hydrogen (secondary N) is 4. The maximum atomic E-state index is 13.2. The molecule has 57 heavy (non-hydrogen) atoms. The molecule has 0 radical (unpaired) electrons. The van der Waals surface area contributed by atoms with Crippen LogP contribution in [0.4, 0.5) is 0 Å². The molecule has 4 rings (SSSR count). The smallest absolute Gasteiger partial charge is 0.306 e. The monoisotopic (exact) mass is 797 g/mol.